The van der Waals surface area contributed by atoms with Crippen molar-refractivity contribution in [2.24, 2.45) is 7.05 Å². The van der Waals surface area contributed by atoms with Gasteiger partial charge in [0.15, 0.2) is 0 Å². The van der Waals surface area contributed by atoms with Crippen LogP contribution in [-0.2, 0) is 13.6 Å². The number of amides is 1. The average molecular weight is 437 g/mol. The fourth-order valence-corrected chi connectivity index (χ4v) is 5.99. The zero-order valence-electron chi connectivity index (χ0n) is 17.9. The molecule has 7 heteroatoms. The van der Waals surface area contributed by atoms with Crippen molar-refractivity contribution in [2.45, 2.75) is 18.9 Å². The Labute approximate surface area is 184 Å². The Morgan fingerprint density at radius 1 is 1.29 bits per heavy atom. The summed E-state index contributed by atoms with van der Waals surface area (Å²) >= 11 is 1.49. The lowest BCUT2D eigenvalue weighted by Gasteiger charge is -2.17. The van der Waals surface area contributed by atoms with Crippen molar-refractivity contribution < 1.29 is 9.18 Å². The molecule has 0 saturated carbocycles. The monoisotopic (exact) mass is 436 g/mol. The fraction of sp³-hybridized carbons (Fsp3) is 0.333. The number of aromatic nitrogens is 2. The number of fused-ring (bicyclic) bond motifs is 2. The number of thiophene rings is 1. The van der Waals surface area contributed by atoms with Gasteiger partial charge < -0.3 is 9.47 Å². The fourth-order valence-electron chi connectivity index (χ4n) is 4.74. The van der Waals surface area contributed by atoms with E-state index in [4.69, 9.17) is 0 Å². The van der Waals surface area contributed by atoms with E-state index in [1.807, 2.05) is 19.2 Å². The summed E-state index contributed by atoms with van der Waals surface area (Å²) in [5, 5.41) is 2.07. The first-order chi connectivity index (χ1) is 14.9. The molecule has 1 amide bonds. The quantitative estimate of drug-likeness (QED) is 0.469. The average Bonchev–Trinajstić information content (AvgIpc) is 3.43. The Morgan fingerprint density at radius 2 is 2.13 bits per heavy atom. The molecule has 0 radical (unpaired) electrons. The number of hydrogen-bond donors (Lipinski definition) is 0. The van der Waals surface area contributed by atoms with Crippen LogP contribution in [0.4, 0.5) is 4.39 Å². The van der Waals surface area contributed by atoms with Gasteiger partial charge in [0.25, 0.3) is 5.91 Å². The van der Waals surface area contributed by atoms with Crippen molar-refractivity contribution in [1.82, 2.24) is 19.4 Å². The van der Waals surface area contributed by atoms with E-state index in [0.717, 1.165) is 63.2 Å². The van der Waals surface area contributed by atoms with Crippen LogP contribution >= 0.6 is 11.3 Å². The van der Waals surface area contributed by atoms with Gasteiger partial charge in [0.1, 0.15) is 10.6 Å². The molecule has 4 aromatic rings. The Hall–Kier alpha value is -2.77. The first-order valence-corrected chi connectivity index (χ1v) is 11.3. The van der Waals surface area contributed by atoms with E-state index in [0.29, 0.717) is 0 Å². The highest BCUT2D eigenvalue weighted by Gasteiger charge is 2.31. The summed E-state index contributed by atoms with van der Waals surface area (Å²) in [5.41, 5.74) is 3.32. The third kappa shape index (κ3) is 3.51. The number of nitrogens with zero attached hydrogens (tertiary/aromatic N) is 4. The lowest BCUT2D eigenvalue weighted by Crippen LogP contribution is -2.23. The van der Waals surface area contributed by atoms with Crippen LogP contribution in [0.15, 0.2) is 42.7 Å². The summed E-state index contributed by atoms with van der Waals surface area (Å²) in [4.78, 5) is 23.2. The van der Waals surface area contributed by atoms with Crippen LogP contribution in [0, 0.1) is 5.82 Å². The lowest BCUT2D eigenvalue weighted by molar-refractivity contribution is 0.0831. The second-order valence-electron chi connectivity index (χ2n) is 8.55. The molecule has 0 bridgehead atoms. The van der Waals surface area contributed by atoms with Crippen LogP contribution in [-0.4, -0.2) is 52.4 Å². The SMILES string of the molecule is CN(C)C(=O)c1sc2ncccc2c1C1CCN(Cc2cn(C)c3ccc(F)cc23)C1. The van der Waals surface area contributed by atoms with Crippen LogP contribution in [0.25, 0.3) is 21.1 Å². The van der Waals surface area contributed by atoms with E-state index in [2.05, 4.69) is 26.7 Å². The van der Waals surface area contributed by atoms with Gasteiger partial charge in [0, 0.05) is 68.8 Å². The van der Waals surface area contributed by atoms with Crippen molar-refractivity contribution in [3.63, 3.8) is 0 Å². The molecule has 0 spiro atoms. The predicted molar refractivity (Wildman–Crippen MR) is 123 cm³/mol. The van der Waals surface area contributed by atoms with Gasteiger partial charge in [-0.1, -0.05) is 6.07 Å². The number of halogens is 1. The first-order valence-electron chi connectivity index (χ1n) is 10.5. The van der Waals surface area contributed by atoms with Gasteiger partial charge in [0.05, 0.1) is 4.88 Å². The van der Waals surface area contributed by atoms with Crippen molar-refractivity contribution in [2.75, 3.05) is 27.2 Å². The molecule has 1 atom stereocenters. The van der Waals surface area contributed by atoms with Crippen LogP contribution in [0.3, 0.4) is 0 Å². The van der Waals surface area contributed by atoms with Crippen LogP contribution in [0.2, 0.25) is 0 Å². The van der Waals surface area contributed by atoms with E-state index in [1.54, 1.807) is 31.3 Å². The maximum absolute atomic E-state index is 13.9. The number of hydrogen-bond acceptors (Lipinski definition) is 4. The highest BCUT2D eigenvalue weighted by molar-refractivity contribution is 7.20. The molecule has 1 unspecified atom stereocenters. The molecule has 5 nitrogen and oxygen atoms in total. The zero-order valence-corrected chi connectivity index (χ0v) is 18.7. The maximum Gasteiger partial charge on any atom is 0.263 e. The van der Waals surface area contributed by atoms with Crippen LogP contribution in [0.1, 0.15) is 33.1 Å². The van der Waals surface area contributed by atoms with E-state index in [-0.39, 0.29) is 17.6 Å². The highest BCUT2D eigenvalue weighted by atomic mass is 32.1. The molecule has 1 aromatic carbocycles. The number of carbonyl (C=O) groups excluding carboxylic acids is 1. The Bertz CT molecular complexity index is 1290. The maximum atomic E-state index is 13.9. The van der Waals surface area contributed by atoms with Crippen molar-refractivity contribution in [1.29, 1.82) is 0 Å². The van der Waals surface area contributed by atoms with Crippen molar-refractivity contribution in [3.05, 3.63) is 64.5 Å². The predicted octanol–water partition coefficient (Wildman–Crippen LogP) is 4.62. The van der Waals surface area contributed by atoms with Gasteiger partial charge in [0.2, 0.25) is 0 Å². The molecule has 3 aromatic heterocycles. The van der Waals surface area contributed by atoms with E-state index in [1.165, 1.54) is 17.4 Å². The number of aryl methyl sites for hydroxylation is 1. The second kappa shape index (κ2) is 7.73. The summed E-state index contributed by atoms with van der Waals surface area (Å²) in [6, 6.07) is 9.00. The summed E-state index contributed by atoms with van der Waals surface area (Å²) in [6.45, 7) is 2.60. The number of likely N-dealkylation sites (tertiary alicyclic amines) is 1. The summed E-state index contributed by atoms with van der Waals surface area (Å²) in [5.74, 6) is 0.118. The molecule has 5 rings (SSSR count). The minimum Gasteiger partial charge on any atom is -0.350 e. The first kappa shape index (κ1) is 20.2. The summed E-state index contributed by atoms with van der Waals surface area (Å²) in [7, 11) is 5.59. The van der Waals surface area contributed by atoms with Crippen LogP contribution < -0.4 is 0 Å². The minimum absolute atomic E-state index is 0.0426. The van der Waals surface area contributed by atoms with Gasteiger partial charge >= 0.3 is 0 Å². The third-order valence-corrected chi connectivity index (χ3v) is 7.33. The Kier molecular flexibility index (Phi) is 5.02. The number of rotatable bonds is 4. The zero-order chi connectivity index (χ0) is 21.7. The smallest absolute Gasteiger partial charge is 0.263 e. The van der Waals surface area contributed by atoms with Gasteiger partial charge in [-0.05, 0) is 48.4 Å². The molecular weight excluding hydrogens is 411 g/mol. The molecule has 160 valence electrons. The van der Waals surface area contributed by atoms with Crippen LogP contribution in [0.5, 0.6) is 0 Å². The summed E-state index contributed by atoms with van der Waals surface area (Å²) < 4.78 is 15.9. The van der Waals surface area contributed by atoms with E-state index >= 15 is 0 Å². The van der Waals surface area contributed by atoms with Gasteiger partial charge in [-0.25, -0.2) is 9.37 Å². The summed E-state index contributed by atoms with van der Waals surface area (Å²) in [6.07, 6.45) is 4.88. The largest absolute Gasteiger partial charge is 0.350 e. The number of benzene rings is 1. The van der Waals surface area contributed by atoms with Crippen molar-refractivity contribution in [3.8, 4) is 0 Å². The second-order valence-corrected chi connectivity index (χ2v) is 9.55. The number of pyridine rings is 1. The minimum atomic E-state index is -0.205. The molecule has 1 saturated heterocycles. The number of carbonyl (C=O) groups is 1. The molecule has 1 aliphatic rings. The standard InChI is InChI=1S/C24H25FN4OS/c1-27(2)24(30)22-21(18-5-4-9-26-23(18)31-22)15-8-10-29(13-15)14-16-12-28(3)20-7-6-17(25)11-19(16)20/h4-7,9,11-12,15H,8,10,13-14H2,1-3H3. The van der Waals surface area contributed by atoms with Gasteiger partial charge in [-0.2, -0.15) is 0 Å². The highest BCUT2D eigenvalue weighted by Crippen LogP contribution is 2.40. The third-order valence-electron chi connectivity index (χ3n) is 6.21. The topological polar surface area (TPSA) is 41.4 Å². The molecule has 31 heavy (non-hydrogen) atoms. The van der Waals surface area contributed by atoms with E-state index in [9.17, 15) is 9.18 Å². The Balaban J connectivity index is 1.45. The van der Waals surface area contributed by atoms with Gasteiger partial charge in [-0.3, -0.25) is 9.69 Å². The molecule has 1 fully saturated rings. The molecular formula is C24H25FN4OS. The molecule has 4 heterocycles. The Morgan fingerprint density at radius 3 is 2.94 bits per heavy atom. The molecule has 0 N–H and O–H groups in total. The molecule has 1 aliphatic heterocycles. The van der Waals surface area contributed by atoms with E-state index < -0.39 is 0 Å². The lowest BCUT2D eigenvalue weighted by atomic mass is 9.95. The molecule has 0 aliphatic carbocycles. The van der Waals surface area contributed by atoms with Crippen molar-refractivity contribution >= 4 is 38.4 Å². The van der Waals surface area contributed by atoms with Gasteiger partial charge in [-0.15, -0.1) is 11.3 Å². The normalized spacial score (nSPS) is 17.1.